The molecule has 0 spiro atoms. The molecule has 0 rings (SSSR count). The highest BCUT2D eigenvalue weighted by Gasteiger charge is 2.33. The molecule has 0 aromatic heterocycles. The third kappa shape index (κ3) is 4.07. The lowest BCUT2D eigenvalue weighted by Crippen LogP contribution is -2.44. The molecule has 0 fully saturated rings. The van der Waals surface area contributed by atoms with E-state index in [0.717, 1.165) is 6.42 Å². The van der Waals surface area contributed by atoms with Gasteiger partial charge in [0.15, 0.2) is 0 Å². The summed E-state index contributed by atoms with van der Waals surface area (Å²) in [5, 5.41) is 8.78. The van der Waals surface area contributed by atoms with Crippen molar-refractivity contribution in [1.82, 2.24) is 0 Å². The van der Waals surface area contributed by atoms with Crippen LogP contribution in [0, 0.1) is 5.41 Å². The third-order valence-electron chi connectivity index (χ3n) is 2.53. The molecule has 0 heterocycles. The minimum absolute atomic E-state index is 0.0575. The highest BCUT2D eigenvalue weighted by molar-refractivity contribution is 5.67. The van der Waals surface area contributed by atoms with Gasteiger partial charge in [0, 0.05) is 18.1 Å². The molecule has 0 aliphatic carbocycles. The van der Waals surface area contributed by atoms with Crippen LogP contribution in [-0.4, -0.2) is 30.3 Å². The van der Waals surface area contributed by atoms with Crippen molar-refractivity contribution in [3.8, 4) is 0 Å². The lowest BCUT2D eigenvalue weighted by Gasteiger charge is -2.33. The van der Waals surface area contributed by atoms with Gasteiger partial charge < -0.3 is 15.6 Å². The topological polar surface area (TPSA) is 72.5 Å². The van der Waals surface area contributed by atoms with Gasteiger partial charge in [-0.15, -0.1) is 0 Å². The Labute approximate surface area is 85.4 Å². The van der Waals surface area contributed by atoms with Crippen LogP contribution in [0.5, 0.6) is 0 Å². The minimum atomic E-state index is -0.823. The molecule has 0 radical (unpaired) electrons. The molecule has 0 saturated heterocycles. The molecule has 0 aliphatic heterocycles. The van der Waals surface area contributed by atoms with Crippen LogP contribution in [0.25, 0.3) is 0 Å². The second kappa shape index (κ2) is 5.98. The molecule has 4 nitrogen and oxygen atoms in total. The van der Waals surface area contributed by atoms with Crippen LogP contribution in [0.4, 0.5) is 0 Å². The van der Waals surface area contributed by atoms with Gasteiger partial charge >= 0.3 is 5.97 Å². The van der Waals surface area contributed by atoms with E-state index in [9.17, 15) is 4.79 Å². The van der Waals surface area contributed by atoms with Gasteiger partial charge in [-0.3, -0.25) is 4.79 Å². The van der Waals surface area contributed by atoms with E-state index in [2.05, 4.69) is 0 Å². The number of ether oxygens (including phenoxy) is 1. The highest BCUT2D eigenvalue weighted by Crippen LogP contribution is 2.27. The van der Waals surface area contributed by atoms with E-state index in [0.29, 0.717) is 13.2 Å². The first-order chi connectivity index (χ1) is 6.46. The van der Waals surface area contributed by atoms with E-state index in [1.54, 1.807) is 0 Å². The summed E-state index contributed by atoms with van der Waals surface area (Å²) in [4.78, 5) is 10.7. The van der Waals surface area contributed by atoms with Crippen LogP contribution < -0.4 is 5.73 Å². The zero-order valence-electron chi connectivity index (χ0n) is 9.25. The van der Waals surface area contributed by atoms with Crippen molar-refractivity contribution < 1.29 is 14.6 Å². The number of hydrogen-bond donors (Lipinski definition) is 2. The largest absolute Gasteiger partial charge is 0.481 e. The molecule has 0 aliphatic rings. The number of hydrogen-bond acceptors (Lipinski definition) is 3. The Bertz CT molecular complexity index is 184. The van der Waals surface area contributed by atoms with E-state index >= 15 is 0 Å². The van der Waals surface area contributed by atoms with Crippen LogP contribution in [0.2, 0.25) is 0 Å². The second-order valence-corrected chi connectivity index (χ2v) is 3.88. The molecular formula is C10H21NO3. The van der Waals surface area contributed by atoms with Crippen molar-refractivity contribution in [3.05, 3.63) is 0 Å². The van der Waals surface area contributed by atoms with Crippen molar-refractivity contribution in [1.29, 1.82) is 0 Å². The predicted octanol–water partition coefficient (Wildman–Crippen LogP) is 1.24. The fourth-order valence-electron chi connectivity index (χ4n) is 1.46. The number of rotatable bonds is 7. The lowest BCUT2D eigenvalue weighted by atomic mass is 9.79. The number of carboxylic acid groups (broad SMARTS) is 1. The van der Waals surface area contributed by atoms with E-state index < -0.39 is 11.4 Å². The van der Waals surface area contributed by atoms with E-state index in [-0.39, 0.29) is 12.5 Å². The maximum atomic E-state index is 10.7. The molecule has 2 atom stereocenters. The highest BCUT2D eigenvalue weighted by atomic mass is 16.5. The second-order valence-electron chi connectivity index (χ2n) is 3.88. The summed E-state index contributed by atoms with van der Waals surface area (Å²) in [5.41, 5.74) is 5.44. The monoisotopic (exact) mass is 203 g/mol. The zero-order valence-corrected chi connectivity index (χ0v) is 9.25. The normalized spacial score (nSPS) is 17.4. The Morgan fingerprint density at radius 1 is 1.57 bits per heavy atom. The van der Waals surface area contributed by atoms with Crippen LogP contribution in [0.1, 0.15) is 33.6 Å². The molecule has 14 heavy (non-hydrogen) atoms. The van der Waals surface area contributed by atoms with Gasteiger partial charge in [0.25, 0.3) is 0 Å². The minimum Gasteiger partial charge on any atom is -0.481 e. The Morgan fingerprint density at radius 3 is 2.50 bits per heavy atom. The van der Waals surface area contributed by atoms with E-state index in [1.165, 1.54) is 0 Å². The first-order valence-corrected chi connectivity index (χ1v) is 5.01. The summed E-state index contributed by atoms with van der Waals surface area (Å²) >= 11 is 0. The predicted molar refractivity (Wildman–Crippen MR) is 55.1 cm³/mol. The van der Waals surface area contributed by atoms with Gasteiger partial charge in [0.05, 0.1) is 13.0 Å². The average molecular weight is 203 g/mol. The molecule has 2 unspecified atom stereocenters. The quantitative estimate of drug-likeness (QED) is 0.653. The molecular weight excluding hydrogens is 182 g/mol. The molecule has 3 N–H and O–H groups in total. The number of aliphatic carboxylic acids is 1. The molecule has 0 aromatic rings. The SMILES string of the molecule is CCOCC(C)(CC(=O)O)C(N)CC. The fraction of sp³-hybridized carbons (Fsp3) is 0.900. The molecule has 0 saturated carbocycles. The molecule has 0 aromatic carbocycles. The molecule has 0 bridgehead atoms. The zero-order chi connectivity index (χ0) is 11.2. The van der Waals surface area contributed by atoms with Gasteiger partial charge in [-0.05, 0) is 13.3 Å². The fourth-order valence-corrected chi connectivity index (χ4v) is 1.46. The van der Waals surface area contributed by atoms with E-state index in [4.69, 9.17) is 15.6 Å². The molecule has 84 valence electrons. The lowest BCUT2D eigenvalue weighted by molar-refractivity contribution is -0.141. The summed E-state index contributed by atoms with van der Waals surface area (Å²) in [5.74, 6) is -0.823. The van der Waals surface area contributed by atoms with Crippen molar-refractivity contribution in [2.45, 2.75) is 39.7 Å². The Balaban J connectivity index is 4.39. The van der Waals surface area contributed by atoms with Crippen molar-refractivity contribution in [2.24, 2.45) is 11.1 Å². The third-order valence-corrected chi connectivity index (χ3v) is 2.53. The molecule has 0 amide bonds. The average Bonchev–Trinajstić information content (AvgIpc) is 2.12. The van der Waals surface area contributed by atoms with Crippen LogP contribution in [0.15, 0.2) is 0 Å². The standard InChI is InChI=1S/C10H21NO3/c1-4-8(11)10(3,6-9(12)13)7-14-5-2/h8H,4-7,11H2,1-3H3,(H,12,13). The maximum Gasteiger partial charge on any atom is 0.304 e. The van der Waals surface area contributed by atoms with Crippen molar-refractivity contribution >= 4 is 5.97 Å². The Morgan fingerprint density at radius 2 is 2.14 bits per heavy atom. The van der Waals surface area contributed by atoms with Gasteiger partial charge in [0.1, 0.15) is 0 Å². The van der Waals surface area contributed by atoms with Gasteiger partial charge in [-0.25, -0.2) is 0 Å². The van der Waals surface area contributed by atoms with Crippen molar-refractivity contribution in [2.75, 3.05) is 13.2 Å². The van der Waals surface area contributed by atoms with Crippen LogP contribution in [0.3, 0.4) is 0 Å². The van der Waals surface area contributed by atoms with Crippen molar-refractivity contribution in [3.63, 3.8) is 0 Å². The number of carboxylic acids is 1. The Hall–Kier alpha value is -0.610. The maximum absolute atomic E-state index is 10.7. The number of nitrogens with two attached hydrogens (primary N) is 1. The Kier molecular flexibility index (Phi) is 5.72. The summed E-state index contributed by atoms with van der Waals surface area (Å²) in [7, 11) is 0. The van der Waals surface area contributed by atoms with Crippen LogP contribution >= 0.6 is 0 Å². The summed E-state index contributed by atoms with van der Waals surface area (Å²) in [6, 6.07) is -0.134. The molecule has 4 heteroatoms. The van der Waals surface area contributed by atoms with E-state index in [1.807, 2.05) is 20.8 Å². The smallest absolute Gasteiger partial charge is 0.304 e. The van der Waals surface area contributed by atoms with Gasteiger partial charge in [-0.2, -0.15) is 0 Å². The van der Waals surface area contributed by atoms with Crippen LogP contribution in [-0.2, 0) is 9.53 Å². The summed E-state index contributed by atoms with van der Waals surface area (Å²) in [6.07, 6.45) is 0.818. The number of carbonyl (C=O) groups is 1. The van der Waals surface area contributed by atoms with Gasteiger partial charge in [-0.1, -0.05) is 13.8 Å². The first-order valence-electron chi connectivity index (χ1n) is 5.01. The van der Waals surface area contributed by atoms with Gasteiger partial charge in [0.2, 0.25) is 0 Å². The summed E-state index contributed by atoms with van der Waals surface area (Å²) < 4.78 is 5.28. The summed E-state index contributed by atoms with van der Waals surface area (Å²) in [6.45, 7) is 6.71. The first kappa shape index (κ1) is 13.4.